The van der Waals surface area contributed by atoms with Crippen LogP contribution in [0.4, 0.5) is 5.69 Å². The van der Waals surface area contributed by atoms with Gasteiger partial charge in [-0.05, 0) is 50.0 Å². The van der Waals surface area contributed by atoms with E-state index in [1.165, 1.54) is 0 Å². The predicted molar refractivity (Wildman–Crippen MR) is 72.6 cm³/mol. The lowest BCUT2D eigenvalue weighted by Gasteiger charge is -2.50. The molecule has 1 aromatic rings. The molecule has 0 aliphatic carbocycles. The molecule has 3 saturated heterocycles. The fourth-order valence-electron chi connectivity index (χ4n) is 3.19. The fourth-order valence-corrected chi connectivity index (χ4v) is 3.38. The van der Waals surface area contributed by atoms with Gasteiger partial charge in [-0.2, -0.15) is 5.26 Å². The van der Waals surface area contributed by atoms with Gasteiger partial charge < -0.3 is 5.32 Å². The Bertz CT molecular complexity index is 488. The molecule has 0 amide bonds. The summed E-state index contributed by atoms with van der Waals surface area (Å²) in [6, 6.07) is 10.1. The summed E-state index contributed by atoms with van der Waals surface area (Å²) in [4.78, 5) is 2.38. The number of fused-ring (bicyclic) bond motifs is 3. The fraction of sp³-hybridized carbons (Fsp3) is 0.500. The molecule has 3 fully saturated rings. The van der Waals surface area contributed by atoms with Crippen molar-refractivity contribution in [2.75, 3.05) is 25.0 Å². The third kappa shape index (κ3) is 1.96. The molecule has 3 nitrogen and oxygen atoms in total. The van der Waals surface area contributed by atoms with Crippen molar-refractivity contribution in [3.63, 3.8) is 0 Å². The number of nitrogens with one attached hydrogen (secondary N) is 1. The monoisotopic (exact) mass is 261 g/mol. The van der Waals surface area contributed by atoms with E-state index < -0.39 is 5.54 Å². The molecule has 0 saturated carbocycles. The first-order valence-corrected chi connectivity index (χ1v) is 6.77. The van der Waals surface area contributed by atoms with Crippen molar-refractivity contribution >= 4 is 17.3 Å². The molecule has 3 aliphatic rings. The van der Waals surface area contributed by atoms with Crippen LogP contribution in [0.15, 0.2) is 24.3 Å². The van der Waals surface area contributed by atoms with E-state index in [4.69, 9.17) is 11.6 Å². The number of piperidine rings is 3. The Balaban J connectivity index is 1.87. The number of anilines is 1. The third-order valence-corrected chi connectivity index (χ3v) is 4.38. The first kappa shape index (κ1) is 11.8. The Labute approximate surface area is 112 Å². The van der Waals surface area contributed by atoms with Gasteiger partial charge >= 0.3 is 0 Å². The number of rotatable bonds is 2. The summed E-state index contributed by atoms with van der Waals surface area (Å²) in [5.74, 6) is 0.450. The summed E-state index contributed by atoms with van der Waals surface area (Å²) < 4.78 is 0. The number of halogens is 1. The standard InChI is InChI=1S/C14H16ClN3/c15-12-2-1-3-13(8-12)17-14(9-16)10-18-6-4-11(14)5-7-18/h1-3,8,11,17H,4-7,10H2. The van der Waals surface area contributed by atoms with Crippen molar-refractivity contribution in [3.8, 4) is 6.07 Å². The lowest BCUT2D eigenvalue weighted by molar-refractivity contribution is 0.0675. The molecular formula is C14H16ClN3. The number of benzene rings is 1. The molecule has 0 spiro atoms. The van der Waals surface area contributed by atoms with Gasteiger partial charge in [-0.25, -0.2) is 0 Å². The van der Waals surface area contributed by atoms with Crippen LogP contribution in [0.5, 0.6) is 0 Å². The Morgan fingerprint density at radius 2 is 2.17 bits per heavy atom. The molecule has 0 aromatic heterocycles. The molecule has 4 rings (SSSR count). The zero-order valence-corrected chi connectivity index (χ0v) is 11.0. The highest BCUT2D eigenvalue weighted by Crippen LogP contribution is 2.37. The third-order valence-electron chi connectivity index (χ3n) is 4.15. The topological polar surface area (TPSA) is 39.1 Å². The van der Waals surface area contributed by atoms with E-state index in [1.807, 2.05) is 24.3 Å². The largest absolute Gasteiger partial charge is 0.366 e. The average molecular weight is 262 g/mol. The smallest absolute Gasteiger partial charge is 0.141 e. The first-order chi connectivity index (χ1) is 8.72. The van der Waals surface area contributed by atoms with Crippen molar-refractivity contribution in [1.29, 1.82) is 5.26 Å². The summed E-state index contributed by atoms with van der Waals surface area (Å²) in [7, 11) is 0. The van der Waals surface area contributed by atoms with Crippen LogP contribution in [-0.4, -0.2) is 30.1 Å². The van der Waals surface area contributed by atoms with E-state index in [1.54, 1.807) is 0 Å². The van der Waals surface area contributed by atoms with Gasteiger partial charge in [-0.15, -0.1) is 0 Å². The number of nitrogens with zero attached hydrogens (tertiary/aromatic N) is 2. The molecule has 1 aromatic carbocycles. The quantitative estimate of drug-likeness (QED) is 0.890. The van der Waals surface area contributed by atoms with Crippen LogP contribution in [0.2, 0.25) is 5.02 Å². The second-order valence-electron chi connectivity index (χ2n) is 5.27. The minimum atomic E-state index is -0.443. The van der Waals surface area contributed by atoms with Gasteiger partial charge in [-0.1, -0.05) is 17.7 Å². The Kier molecular flexibility index (Phi) is 2.93. The highest BCUT2D eigenvalue weighted by molar-refractivity contribution is 6.30. The molecule has 1 atom stereocenters. The predicted octanol–water partition coefficient (Wildman–Crippen LogP) is 2.74. The molecule has 3 aliphatic heterocycles. The summed E-state index contributed by atoms with van der Waals surface area (Å²) >= 11 is 6.00. The van der Waals surface area contributed by atoms with Crippen molar-refractivity contribution in [2.45, 2.75) is 18.4 Å². The molecule has 18 heavy (non-hydrogen) atoms. The Hall–Kier alpha value is -1.24. The first-order valence-electron chi connectivity index (χ1n) is 6.39. The zero-order valence-electron chi connectivity index (χ0n) is 10.2. The molecular weight excluding hydrogens is 246 g/mol. The summed E-state index contributed by atoms with van der Waals surface area (Å²) in [5.41, 5.74) is 0.499. The molecule has 1 unspecified atom stereocenters. The van der Waals surface area contributed by atoms with Crippen LogP contribution in [-0.2, 0) is 0 Å². The molecule has 0 radical (unpaired) electrons. The summed E-state index contributed by atoms with van der Waals surface area (Å²) in [5, 5.41) is 13.8. The second-order valence-corrected chi connectivity index (χ2v) is 5.71. The van der Waals surface area contributed by atoms with Crippen molar-refractivity contribution in [3.05, 3.63) is 29.3 Å². The minimum Gasteiger partial charge on any atom is -0.366 e. The van der Waals surface area contributed by atoms with E-state index in [0.29, 0.717) is 10.9 Å². The number of hydrogen-bond acceptors (Lipinski definition) is 3. The van der Waals surface area contributed by atoms with Crippen LogP contribution >= 0.6 is 11.6 Å². The number of hydrogen-bond donors (Lipinski definition) is 1. The van der Waals surface area contributed by atoms with Crippen molar-refractivity contribution in [2.24, 2.45) is 5.92 Å². The highest BCUT2D eigenvalue weighted by atomic mass is 35.5. The second kappa shape index (κ2) is 4.46. The summed E-state index contributed by atoms with van der Waals surface area (Å²) in [6.45, 7) is 3.08. The molecule has 2 bridgehead atoms. The van der Waals surface area contributed by atoms with Crippen LogP contribution in [0.1, 0.15) is 12.8 Å². The van der Waals surface area contributed by atoms with Gasteiger partial charge in [0.2, 0.25) is 0 Å². The molecule has 4 heteroatoms. The van der Waals surface area contributed by atoms with Crippen molar-refractivity contribution in [1.82, 2.24) is 4.90 Å². The molecule has 3 heterocycles. The SMILES string of the molecule is N#CC1(Nc2cccc(Cl)c2)CN2CCC1CC2. The molecule has 1 N–H and O–H groups in total. The van der Waals surface area contributed by atoms with Gasteiger partial charge in [-0.3, -0.25) is 4.90 Å². The molecule has 94 valence electrons. The normalized spacial score (nSPS) is 34.0. The van der Waals surface area contributed by atoms with Crippen molar-refractivity contribution < 1.29 is 0 Å². The maximum absolute atomic E-state index is 9.62. The lowest BCUT2D eigenvalue weighted by Crippen LogP contribution is -2.62. The minimum absolute atomic E-state index is 0.443. The van der Waals surface area contributed by atoms with Gasteiger partial charge in [0.15, 0.2) is 0 Å². The van der Waals surface area contributed by atoms with Crippen LogP contribution in [0.3, 0.4) is 0 Å². The summed E-state index contributed by atoms with van der Waals surface area (Å²) in [6.07, 6.45) is 2.22. The van der Waals surface area contributed by atoms with Gasteiger partial charge in [0.25, 0.3) is 0 Å². The number of nitriles is 1. The van der Waals surface area contributed by atoms with Crippen LogP contribution in [0, 0.1) is 17.2 Å². The zero-order chi connectivity index (χ0) is 12.6. The van der Waals surface area contributed by atoms with E-state index in [-0.39, 0.29) is 0 Å². The van der Waals surface area contributed by atoms with E-state index >= 15 is 0 Å². The Morgan fingerprint density at radius 3 is 2.72 bits per heavy atom. The van der Waals surface area contributed by atoms with Crippen LogP contribution in [0.25, 0.3) is 0 Å². The maximum Gasteiger partial charge on any atom is 0.141 e. The van der Waals surface area contributed by atoms with Crippen LogP contribution < -0.4 is 5.32 Å². The van der Waals surface area contributed by atoms with Gasteiger partial charge in [0.05, 0.1) is 6.07 Å². The maximum atomic E-state index is 9.62. The average Bonchev–Trinajstić information content (AvgIpc) is 2.40. The highest BCUT2D eigenvalue weighted by Gasteiger charge is 2.47. The van der Waals surface area contributed by atoms with Gasteiger partial charge in [0.1, 0.15) is 5.54 Å². The van der Waals surface area contributed by atoms with E-state index in [9.17, 15) is 5.26 Å². The van der Waals surface area contributed by atoms with E-state index in [0.717, 1.165) is 38.2 Å². The van der Waals surface area contributed by atoms with E-state index in [2.05, 4.69) is 16.3 Å². The lowest BCUT2D eigenvalue weighted by atomic mass is 9.73. The Morgan fingerprint density at radius 1 is 1.39 bits per heavy atom. The van der Waals surface area contributed by atoms with Gasteiger partial charge in [0, 0.05) is 17.3 Å².